The van der Waals surface area contributed by atoms with Gasteiger partial charge in [0.05, 0.1) is 16.3 Å². The largest absolute Gasteiger partial charge is 0.452 e. The van der Waals surface area contributed by atoms with E-state index in [1.54, 1.807) is 16.7 Å². The highest BCUT2D eigenvalue weighted by Crippen LogP contribution is 2.34. The molecule has 10 heteroatoms. The number of anilines is 1. The maximum atomic E-state index is 13.0. The number of carbonyl (C=O) groups is 2. The average Bonchev–Trinajstić information content (AvgIpc) is 2.82. The Kier molecular flexibility index (Phi) is 7.09. The maximum absolute atomic E-state index is 13.0. The second-order valence-corrected chi connectivity index (χ2v) is 11.0. The first-order valence-electron chi connectivity index (χ1n) is 10.4. The van der Waals surface area contributed by atoms with Crippen molar-refractivity contribution < 1.29 is 22.7 Å². The van der Waals surface area contributed by atoms with Crippen molar-refractivity contribution in [1.29, 1.82) is 0 Å². The van der Waals surface area contributed by atoms with Crippen LogP contribution in [0.2, 0.25) is 5.02 Å². The number of hydrogen-bond acceptors (Lipinski definition) is 6. The number of rotatable bonds is 5. The Morgan fingerprint density at radius 3 is 2.56 bits per heavy atom. The molecule has 170 valence electrons. The summed E-state index contributed by atoms with van der Waals surface area (Å²) in [6.07, 6.45) is 2.57. The number of hydrogen-bond donors (Lipinski definition) is 0. The van der Waals surface area contributed by atoms with Crippen molar-refractivity contribution in [3.05, 3.63) is 53.1 Å². The van der Waals surface area contributed by atoms with Gasteiger partial charge in [0.15, 0.2) is 6.61 Å². The number of esters is 1. The molecule has 2 heterocycles. The van der Waals surface area contributed by atoms with Crippen LogP contribution in [0.1, 0.15) is 29.6 Å². The topological polar surface area (TPSA) is 84.0 Å². The van der Waals surface area contributed by atoms with Gasteiger partial charge < -0.3 is 9.64 Å². The summed E-state index contributed by atoms with van der Waals surface area (Å²) in [7, 11) is -3.81. The predicted molar refractivity (Wildman–Crippen MR) is 124 cm³/mol. The smallest absolute Gasteiger partial charge is 0.338 e. The summed E-state index contributed by atoms with van der Waals surface area (Å²) >= 11 is 7.83. The highest BCUT2D eigenvalue weighted by molar-refractivity contribution is 7.99. The van der Waals surface area contributed by atoms with Crippen molar-refractivity contribution in [1.82, 2.24) is 4.31 Å². The molecule has 0 aromatic heterocycles. The monoisotopic (exact) mass is 494 g/mol. The number of fused-ring (bicyclic) bond motifs is 1. The highest BCUT2D eigenvalue weighted by atomic mass is 35.5. The van der Waals surface area contributed by atoms with Crippen molar-refractivity contribution in [3.63, 3.8) is 0 Å². The molecular weight excluding hydrogens is 472 g/mol. The van der Waals surface area contributed by atoms with Gasteiger partial charge in [0.1, 0.15) is 4.90 Å². The molecule has 0 saturated carbocycles. The fraction of sp³-hybridized carbons (Fsp3) is 0.364. The number of sulfonamides is 1. The maximum Gasteiger partial charge on any atom is 0.338 e. The summed E-state index contributed by atoms with van der Waals surface area (Å²) in [4.78, 5) is 27.8. The number of para-hydroxylation sites is 1. The third-order valence-corrected chi connectivity index (χ3v) is 8.88. The van der Waals surface area contributed by atoms with E-state index in [4.69, 9.17) is 16.3 Å². The fourth-order valence-electron chi connectivity index (χ4n) is 3.79. The lowest BCUT2D eigenvalue weighted by Crippen LogP contribution is -2.38. The quantitative estimate of drug-likeness (QED) is 0.588. The molecule has 7 nitrogen and oxygen atoms in total. The van der Waals surface area contributed by atoms with Crippen molar-refractivity contribution in [2.75, 3.05) is 36.9 Å². The normalized spacial score (nSPS) is 17.0. The minimum Gasteiger partial charge on any atom is -0.452 e. The Hall–Kier alpha value is -2.07. The second-order valence-electron chi connectivity index (χ2n) is 7.55. The van der Waals surface area contributed by atoms with Gasteiger partial charge in [-0.1, -0.05) is 30.2 Å². The Morgan fingerprint density at radius 1 is 1.03 bits per heavy atom. The molecule has 0 N–H and O–H groups in total. The van der Waals surface area contributed by atoms with Crippen LogP contribution in [0.15, 0.2) is 52.3 Å². The minimum absolute atomic E-state index is 0.0346. The summed E-state index contributed by atoms with van der Waals surface area (Å²) in [5.74, 6) is -0.350. The van der Waals surface area contributed by atoms with Crippen LogP contribution in [0.25, 0.3) is 0 Å². The van der Waals surface area contributed by atoms with Crippen LogP contribution in [0.3, 0.4) is 0 Å². The number of nitrogens with zero attached hydrogens (tertiary/aromatic N) is 2. The summed E-state index contributed by atoms with van der Waals surface area (Å²) in [5, 5.41) is 0.0469. The van der Waals surface area contributed by atoms with Gasteiger partial charge in [0, 0.05) is 30.3 Å². The molecule has 32 heavy (non-hydrogen) atoms. The van der Waals surface area contributed by atoms with Crippen LogP contribution in [-0.2, 0) is 19.6 Å². The van der Waals surface area contributed by atoms with E-state index < -0.39 is 22.6 Å². The molecule has 4 rings (SSSR count). The second kappa shape index (κ2) is 9.82. The molecular formula is C22H23ClN2O5S2. The molecule has 2 aromatic carbocycles. The first kappa shape index (κ1) is 23.1. The van der Waals surface area contributed by atoms with Crippen molar-refractivity contribution >= 4 is 50.9 Å². The Labute approximate surface area is 196 Å². The molecule has 0 bridgehead atoms. The first-order valence-corrected chi connectivity index (χ1v) is 13.2. The van der Waals surface area contributed by atoms with Gasteiger partial charge in [-0.25, -0.2) is 13.2 Å². The molecule has 1 amide bonds. The number of thioether (sulfide) groups is 1. The van der Waals surface area contributed by atoms with E-state index in [-0.39, 0.29) is 21.4 Å². The lowest BCUT2D eigenvalue weighted by molar-refractivity contribution is -0.121. The standard InChI is InChI=1S/C22H23ClN2O5S2/c23-17-9-8-16(14-20(17)32(28,29)24-10-4-1-5-11-24)22(27)30-15-21(26)25-12-13-31-19-7-3-2-6-18(19)25/h2-3,6-9,14H,1,4-5,10-13,15H2. The SMILES string of the molecule is O=C(OCC(=O)N1CCSc2ccccc21)c1ccc(Cl)c(S(=O)(=O)N2CCCCC2)c1. The van der Waals surface area contributed by atoms with Gasteiger partial charge in [0.25, 0.3) is 5.91 Å². The van der Waals surface area contributed by atoms with E-state index in [9.17, 15) is 18.0 Å². The van der Waals surface area contributed by atoms with Gasteiger partial charge in [-0.05, 0) is 43.2 Å². The Morgan fingerprint density at radius 2 is 1.78 bits per heavy atom. The molecule has 0 unspecified atom stereocenters. The minimum atomic E-state index is -3.81. The molecule has 2 aromatic rings. The number of halogens is 1. The van der Waals surface area contributed by atoms with E-state index in [0.29, 0.717) is 19.6 Å². The van der Waals surface area contributed by atoms with Crippen LogP contribution >= 0.6 is 23.4 Å². The van der Waals surface area contributed by atoms with Gasteiger partial charge >= 0.3 is 5.97 Å². The van der Waals surface area contributed by atoms with Crippen molar-refractivity contribution in [3.8, 4) is 0 Å². The number of amides is 1. The third-order valence-electron chi connectivity index (χ3n) is 5.46. The number of carbonyl (C=O) groups excluding carboxylic acids is 2. The van der Waals surface area contributed by atoms with Crippen LogP contribution in [-0.4, -0.2) is 56.6 Å². The van der Waals surface area contributed by atoms with E-state index in [0.717, 1.165) is 35.6 Å². The zero-order valence-corrected chi connectivity index (χ0v) is 19.7. The summed E-state index contributed by atoms with van der Waals surface area (Å²) in [6, 6.07) is 11.6. The zero-order chi connectivity index (χ0) is 22.7. The van der Waals surface area contributed by atoms with Crippen molar-refractivity contribution in [2.45, 2.75) is 29.1 Å². The lowest BCUT2D eigenvalue weighted by atomic mass is 10.2. The number of benzene rings is 2. The predicted octanol–water partition coefficient (Wildman–Crippen LogP) is 3.81. The summed E-state index contributed by atoms with van der Waals surface area (Å²) in [5.41, 5.74) is 0.832. The van der Waals surface area contributed by atoms with Gasteiger partial charge in [-0.3, -0.25) is 4.79 Å². The van der Waals surface area contributed by atoms with Crippen molar-refractivity contribution in [2.24, 2.45) is 0 Å². The van der Waals surface area contributed by atoms with E-state index in [2.05, 4.69) is 0 Å². The van der Waals surface area contributed by atoms with Crippen LogP contribution < -0.4 is 4.90 Å². The molecule has 0 radical (unpaired) electrons. The number of ether oxygens (including phenoxy) is 1. The summed E-state index contributed by atoms with van der Waals surface area (Å²) in [6.45, 7) is 0.945. The van der Waals surface area contributed by atoms with Crippen LogP contribution in [0, 0.1) is 0 Å². The Bertz CT molecular complexity index is 1130. The highest BCUT2D eigenvalue weighted by Gasteiger charge is 2.29. The molecule has 1 fully saturated rings. The molecule has 2 aliphatic rings. The van der Waals surface area contributed by atoms with E-state index in [1.165, 1.54) is 22.5 Å². The van der Waals surface area contributed by atoms with Gasteiger partial charge in [-0.15, -0.1) is 11.8 Å². The third kappa shape index (κ3) is 4.80. The summed E-state index contributed by atoms with van der Waals surface area (Å²) < 4.78 is 32.6. The molecule has 0 atom stereocenters. The van der Waals surface area contributed by atoms with Crippen LogP contribution in [0.5, 0.6) is 0 Å². The van der Waals surface area contributed by atoms with Gasteiger partial charge in [0.2, 0.25) is 10.0 Å². The average molecular weight is 495 g/mol. The van der Waals surface area contributed by atoms with E-state index in [1.807, 2.05) is 24.3 Å². The molecule has 0 spiro atoms. The van der Waals surface area contributed by atoms with Gasteiger partial charge in [-0.2, -0.15) is 4.31 Å². The number of piperidine rings is 1. The molecule has 0 aliphatic carbocycles. The Balaban J connectivity index is 1.46. The lowest BCUT2D eigenvalue weighted by Gasteiger charge is -2.28. The molecule has 1 saturated heterocycles. The zero-order valence-electron chi connectivity index (χ0n) is 17.3. The van der Waals surface area contributed by atoms with Crippen LogP contribution in [0.4, 0.5) is 5.69 Å². The van der Waals surface area contributed by atoms with E-state index >= 15 is 0 Å². The first-order chi connectivity index (χ1) is 15.4. The molecule has 2 aliphatic heterocycles. The fourth-order valence-corrected chi connectivity index (χ4v) is 6.80.